The molecule has 1 aromatic heterocycles. The first-order valence-electron chi connectivity index (χ1n) is 6.25. The molecule has 1 heterocycles. The molecule has 17 heavy (non-hydrogen) atoms. The molecule has 94 valence electrons. The van der Waals surface area contributed by atoms with Crippen LogP contribution in [0.4, 0.5) is 0 Å². The first kappa shape index (κ1) is 12.6. The maximum Gasteiger partial charge on any atom is 0.234 e. The molecule has 1 aliphatic rings. The SMILES string of the molecule is CC(C)NCC(=O)NCc1cc2c(s1)CCC2. The second kappa shape index (κ2) is 5.65. The van der Waals surface area contributed by atoms with Crippen LogP contribution in [0.5, 0.6) is 0 Å². The highest BCUT2D eigenvalue weighted by atomic mass is 32.1. The van der Waals surface area contributed by atoms with Gasteiger partial charge in [0.15, 0.2) is 0 Å². The second-order valence-electron chi connectivity index (χ2n) is 4.83. The number of carbonyl (C=O) groups is 1. The van der Waals surface area contributed by atoms with E-state index in [1.807, 2.05) is 25.2 Å². The number of hydrogen-bond acceptors (Lipinski definition) is 3. The Balaban J connectivity index is 1.75. The van der Waals surface area contributed by atoms with E-state index in [4.69, 9.17) is 0 Å². The maximum absolute atomic E-state index is 11.5. The fourth-order valence-corrected chi connectivity index (χ4v) is 3.22. The van der Waals surface area contributed by atoms with Crippen molar-refractivity contribution in [2.24, 2.45) is 0 Å². The van der Waals surface area contributed by atoms with E-state index in [2.05, 4.69) is 16.7 Å². The quantitative estimate of drug-likeness (QED) is 0.839. The predicted molar refractivity (Wildman–Crippen MR) is 71.3 cm³/mol. The van der Waals surface area contributed by atoms with Gasteiger partial charge in [-0.25, -0.2) is 0 Å². The lowest BCUT2D eigenvalue weighted by atomic mass is 10.2. The molecule has 1 aromatic rings. The van der Waals surface area contributed by atoms with Crippen LogP contribution in [-0.2, 0) is 24.2 Å². The van der Waals surface area contributed by atoms with Crippen molar-refractivity contribution in [1.82, 2.24) is 10.6 Å². The van der Waals surface area contributed by atoms with E-state index < -0.39 is 0 Å². The Kier molecular flexibility index (Phi) is 4.18. The highest BCUT2D eigenvalue weighted by molar-refractivity contribution is 7.12. The zero-order valence-electron chi connectivity index (χ0n) is 10.5. The van der Waals surface area contributed by atoms with E-state index in [9.17, 15) is 4.79 Å². The topological polar surface area (TPSA) is 41.1 Å². The summed E-state index contributed by atoms with van der Waals surface area (Å²) in [5.41, 5.74) is 1.50. The molecule has 0 aliphatic heterocycles. The van der Waals surface area contributed by atoms with Gasteiger partial charge in [-0.05, 0) is 30.9 Å². The molecule has 0 unspecified atom stereocenters. The summed E-state index contributed by atoms with van der Waals surface area (Å²) >= 11 is 1.85. The van der Waals surface area contributed by atoms with Crippen molar-refractivity contribution < 1.29 is 4.79 Å². The molecular weight excluding hydrogens is 232 g/mol. The largest absolute Gasteiger partial charge is 0.350 e. The van der Waals surface area contributed by atoms with Crippen molar-refractivity contribution in [2.45, 2.75) is 45.7 Å². The monoisotopic (exact) mass is 252 g/mol. The number of carbonyl (C=O) groups excluding carboxylic acids is 1. The van der Waals surface area contributed by atoms with Gasteiger partial charge in [-0.2, -0.15) is 0 Å². The molecule has 3 nitrogen and oxygen atoms in total. The van der Waals surface area contributed by atoms with Gasteiger partial charge in [-0.15, -0.1) is 11.3 Å². The molecule has 0 aromatic carbocycles. The van der Waals surface area contributed by atoms with Gasteiger partial charge in [-0.3, -0.25) is 4.79 Å². The van der Waals surface area contributed by atoms with Crippen LogP contribution in [0.3, 0.4) is 0 Å². The molecular formula is C13H20N2OS. The smallest absolute Gasteiger partial charge is 0.234 e. The van der Waals surface area contributed by atoms with Gasteiger partial charge < -0.3 is 10.6 Å². The number of aryl methyl sites for hydroxylation is 2. The summed E-state index contributed by atoms with van der Waals surface area (Å²) in [4.78, 5) is 14.3. The minimum atomic E-state index is 0.0762. The zero-order chi connectivity index (χ0) is 12.3. The summed E-state index contributed by atoms with van der Waals surface area (Å²) in [6, 6.07) is 2.61. The average molecular weight is 252 g/mol. The first-order chi connectivity index (χ1) is 8.15. The highest BCUT2D eigenvalue weighted by Gasteiger charge is 2.14. The second-order valence-corrected chi connectivity index (χ2v) is 6.05. The van der Waals surface area contributed by atoms with Crippen LogP contribution in [0.1, 0.15) is 35.6 Å². The summed E-state index contributed by atoms with van der Waals surface area (Å²) in [5.74, 6) is 0.0762. The number of nitrogens with one attached hydrogen (secondary N) is 2. The normalized spacial score (nSPS) is 14.1. The Morgan fingerprint density at radius 3 is 3.00 bits per heavy atom. The van der Waals surface area contributed by atoms with E-state index in [0.29, 0.717) is 19.1 Å². The standard InChI is InChI=1S/C13H20N2OS/c1-9(2)14-8-13(16)15-7-11-6-10-4-3-5-12(10)17-11/h6,9,14H,3-5,7-8H2,1-2H3,(H,15,16). The molecule has 4 heteroatoms. The Bertz CT molecular complexity index is 377. The molecule has 0 spiro atoms. The fourth-order valence-electron chi connectivity index (χ4n) is 2.02. The first-order valence-corrected chi connectivity index (χ1v) is 7.07. The van der Waals surface area contributed by atoms with E-state index >= 15 is 0 Å². The molecule has 0 saturated heterocycles. The van der Waals surface area contributed by atoms with Gasteiger partial charge in [0, 0.05) is 15.8 Å². The molecule has 0 atom stereocenters. The van der Waals surface area contributed by atoms with Crippen molar-refractivity contribution in [1.29, 1.82) is 0 Å². The predicted octanol–water partition coefficient (Wildman–Crippen LogP) is 1.85. The average Bonchev–Trinajstić information content (AvgIpc) is 2.83. The fraction of sp³-hybridized carbons (Fsp3) is 0.615. The summed E-state index contributed by atoms with van der Waals surface area (Å²) in [6.07, 6.45) is 3.74. The van der Waals surface area contributed by atoms with Gasteiger partial charge >= 0.3 is 0 Å². The van der Waals surface area contributed by atoms with Crippen LogP contribution in [0, 0.1) is 0 Å². The van der Waals surface area contributed by atoms with Crippen molar-refractivity contribution in [2.75, 3.05) is 6.54 Å². The van der Waals surface area contributed by atoms with Crippen molar-refractivity contribution in [3.63, 3.8) is 0 Å². The molecule has 1 aliphatic carbocycles. The van der Waals surface area contributed by atoms with E-state index in [-0.39, 0.29) is 5.91 Å². The lowest BCUT2D eigenvalue weighted by Gasteiger charge is -2.08. The lowest BCUT2D eigenvalue weighted by molar-refractivity contribution is -0.120. The van der Waals surface area contributed by atoms with Crippen LogP contribution >= 0.6 is 11.3 Å². The van der Waals surface area contributed by atoms with Crippen LogP contribution in [-0.4, -0.2) is 18.5 Å². The number of rotatable bonds is 5. The molecule has 2 N–H and O–H groups in total. The van der Waals surface area contributed by atoms with Gasteiger partial charge in [-0.1, -0.05) is 13.8 Å². The van der Waals surface area contributed by atoms with Crippen LogP contribution in [0.2, 0.25) is 0 Å². The minimum absolute atomic E-state index is 0.0762. The number of hydrogen-bond donors (Lipinski definition) is 2. The molecule has 0 saturated carbocycles. The van der Waals surface area contributed by atoms with Crippen molar-refractivity contribution >= 4 is 17.2 Å². The highest BCUT2D eigenvalue weighted by Crippen LogP contribution is 2.30. The van der Waals surface area contributed by atoms with Crippen molar-refractivity contribution in [3.05, 3.63) is 21.4 Å². The number of thiophene rings is 1. The van der Waals surface area contributed by atoms with E-state index in [1.165, 1.54) is 34.6 Å². The van der Waals surface area contributed by atoms with Gasteiger partial charge in [0.25, 0.3) is 0 Å². The van der Waals surface area contributed by atoms with Crippen molar-refractivity contribution in [3.8, 4) is 0 Å². The third-order valence-electron chi connectivity index (χ3n) is 2.93. The van der Waals surface area contributed by atoms with E-state index in [1.54, 1.807) is 0 Å². The van der Waals surface area contributed by atoms with Crippen LogP contribution < -0.4 is 10.6 Å². The van der Waals surface area contributed by atoms with Gasteiger partial charge in [0.1, 0.15) is 0 Å². The Morgan fingerprint density at radius 1 is 1.47 bits per heavy atom. The molecule has 0 bridgehead atoms. The summed E-state index contributed by atoms with van der Waals surface area (Å²) in [5, 5.41) is 6.06. The van der Waals surface area contributed by atoms with Crippen LogP contribution in [0.15, 0.2) is 6.07 Å². The number of fused-ring (bicyclic) bond motifs is 1. The molecule has 0 fully saturated rings. The Morgan fingerprint density at radius 2 is 2.29 bits per heavy atom. The Labute approximate surface area is 107 Å². The summed E-state index contributed by atoms with van der Waals surface area (Å²) < 4.78 is 0. The van der Waals surface area contributed by atoms with Gasteiger partial charge in [0.2, 0.25) is 5.91 Å². The van der Waals surface area contributed by atoms with Gasteiger partial charge in [0.05, 0.1) is 13.1 Å². The molecule has 2 rings (SSSR count). The van der Waals surface area contributed by atoms with Crippen LogP contribution in [0.25, 0.3) is 0 Å². The third-order valence-corrected chi connectivity index (χ3v) is 4.17. The minimum Gasteiger partial charge on any atom is -0.350 e. The molecule has 0 radical (unpaired) electrons. The maximum atomic E-state index is 11.5. The molecule has 1 amide bonds. The summed E-state index contributed by atoms with van der Waals surface area (Å²) in [6.45, 7) is 5.16. The zero-order valence-corrected chi connectivity index (χ0v) is 11.3. The Hall–Kier alpha value is -0.870. The summed E-state index contributed by atoms with van der Waals surface area (Å²) in [7, 11) is 0. The van der Waals surface area contributed by atoms with E-state index in [0.717, 1.165) is 0 Å². The lowest BCUT2D eigenvalue weighted by Crippen LogP contribution is -2.36. The third kappa shape index (κ3) is 3.54. The number of amides is 1.